The maximum Gasteiger partial charge on any atom is 0.273 e. The van der Waals surface area contributed by atoms with Gasteiger partial charge < -0.3 is 4.90 Å². The van der Waals surface area contributed by atoms with E-state index in [0.717, 1.165) is 5.01 Å². The van der Waals surface area contributed by atoms with Crippen LogP contribution in [0.5, 0.6) is 0 Å². The number of carbonyl (C=O) groups excluding carboxylic acids is 1. The number of rotatable bonds is 2. The Bertz CT molecular complexity index is 662. The minimum Gasteiger partial charge on any atom is -0.333 e. The average Bonchev–Trinajstić information content (AvgIpc) is 2.96. The van der Waals surface area contributed by atoms with E-state index >= 15 is 0 Å². The van der Waals surface area contributed by atoms with Gasteiger partial charge in [-0.25, -0.2) is 4.98 Å². The van der Waals surface area contributed by atoms with E-state index in [4.69, 9.17) is 5.26 Å². The molecule has 3 rings (SSSR count). The summed E-state index contributed by atoms with van der Waals surface area (Å²) >= 11 is 1.48. The number of aromatic nitrogens is 3. The van der Waals surface area contributed by atoms with Crippen molar-refractivity contribution in [2.24, 2.45) is 0 Å². The van der Waals surface area contributed by atoms with E-state index in [9.17, 15) is 4.79 Å². The van der Waals surface area contributed by atoms with E-state index in [1.165, 1.54) is 17.5 Å². The van der Waals surface area contributed by atoms with E-state index in [1.54, 1.807) is 21.2 Å². The van der Waals surface area contributed by atoms with Gasteiger partial charge in [0.2, 0.25) is 0 Å². The van der Waals surface area contributed by atoms with Crippen LogP contribution in [0.4, 0.5) is 0 Å². The smallest absolute Gasteiger partial charge is 0.273 e. The molecule has 0 aromatic carbocycles. The van der Waals surface area contributed by atoms with Crippen molar-refractivity contribution in [3.05, 3.63) is 34.0 Å². The fourth-order valence-electron chi connectivity index (χ4n) is 2.01. The fraction of sp³-hybridized carbons (Fsp3) is 0.333. The van der Waals surface area contributed by atoms with Gasteiger partial charge in [-0.15, -0.1) is 11.3 Å². The summed E-state index contributed by atoms with van der Waals surface area (Å²) in [4.78, 5) is 18.0. The van der Waals surface area contributed by atoms with Crippen molar-refractivity contribution in [1.29, 1.82) is 5.26 Å². The first-order valence-electron chi connectivity index (χ1n) is 5.83. The minimum atomic E-state index is -0.0340. The minimum absolute atomic E-state index is 0.0340. The number of nitriles is 1. The molecule has 0 aliphatic carbocycles. The lowest BCUT2D eigenvalue weighted by molar-refractivity contribution is 0.0496. The zero-order valence-electron chi connectivity index (χ0n) is 10.3. The van der Waals surface area contributed by atoms with Crippen molar-refractivity contribution in [1.82, 2.24) is 19.7 Å². The van der Waals surface area contributed by atoms with Crippen LogP contribution in [0.2, 0.25) is 0 Å². The van der Waals surface area contributed by atoms with Crippen LogP contribution in [0.25, 0.3) is 0 Å². The van der Waals surface area contributed by atoms with Crippen molar-refractivity contribution in [2.45, 2.75) is 13.0 Å². The van der Waals surface area contributed by atoms with Crippen molar-refractivity contribution < 1.29 is 4.79 Å². The zero-order chi connectivity index (χ0) is 13.4. The molecule has 2 aromatic heterocycles. The van der Waals surface area contributed by atoms with Gasteiger partial charge >= 0.3 is 0 Å². The van der Waals surface area contributed by atoms with Crippen LogP contribution in [0, 0.1) is 18.3 Å². The predicted octanol–water partition coefficient (Wildman–Crippen LogP) is 1.22. The highest BCUT2D eigenvalue weighted by Crippen LogP contribution is 2.23. The van der Waals surface area contributed by atoms with Gasteiger partial charge in [-0.2, -0.15) is 10.4 Å². The summed E-state index contributed by atoms with van der Waals surface area (Å²) in [6, 6.07) is 2.20. The van der Waals surface area contributed by atoms with Crippen LogP contribution < -0.4 is 0 Å². The number of amides is 1. The number of nitrogens with zero attached hydrogens (tertiary/aromatic N) is 5. The molecule has 0 radical (unpaired) electrons. The summed E-state index contributed by atoms with van der Waals surface area (Å²) < 4.78 is 1.74. The maximum absolute atomic E-state index is 12.1. The van der Waals surface area contributed by atoms with Crippen LogP contribution in [0.15, 0.2) is 17.8 Å². The summed E-state index contributed by atoms with van der Waals surface area (Å²) in [6.45, 7) is 3.11. The van der Waals surface area contributed by atoms with Crippen LogP contribution in [0.1, 0.15) is 27.1 Å². The highest BCUT2D eigenvalue weighted by Gasteiger charge is 2.33. The van der Waals surface area contributed by atoms with Gasteiger partial charge in [-0.1, -0.05) is 0 Å². The second-order valence-corrected chi connectivity index (χ2v) is 5.50. The number of likely N-dealkylation sites (tertiary alicyclic amines) is 1. The molecule has 0 bridgehead atoms. The lowest BCUT2D eigenvalue weighted by atomic mass is 10.1. The molecule has 1 amide bonds. The van der Waals surface area contributed by atoms with Gasteiger partial charge in [0.15, 0.2) is 0 Å². The molecule has 0 atom stereocenters. The Kier molecular flexibility index (Phi) is 2.80. The second kappa shape index (κ2) is 4.48. The van der Waals surface area contributed by atoms with E-state index in [2.05, 4.69) is 10.1 Å². The van der Waals surface area contributed by atoms with Crippen molar-refractivity contribution >= 4 is 17.2 Å². The van der Waals surface area contributed by atoms with Gasteiger partial charge in [-0.05, 0) is 6.92 Å². The number of thiazole rings is 1. The Balaban J connectivity index is 1.64. The molecule has 0 spiro atoms. The zero-order valence-corrected chi connectivity index (χ0v) is 11.1. The molecule has 7 heteroatoms. The third-order valence-corrected chi connectivity index (χ3v) is 3.87. The summed E-state index contributed by atoms with van der Waals surface area (Å²) in [6.07, 6.45) is 3.24. The standard InChI is InChI=1S/C12H11N5OS/c1-8-15-11(7-19-8)12(18)16-5-10(6-16)17-4-9(2-13)3-14-17/h3-4,7,10H,5-6H2,1H3. The van der Waals surface area contributed by atoms with Gasteiger partial charge in [0.1, 0.15) is 11.8 Å². The molecule has 0 N–H and O–H groups in total. The Morgan fingerprint density at radius 3 is 2.95 bits per heavy atom. The molecule has 19 heavy (non-hydrogen) atoms. The molecule has 1 aliphatic heterocycles. The fourth-order valence-corrected chi connectivity index (χ4v) is 2.59. The molecular formula is C12H11N5OS. The predicted molar refractivity (Wildman–Crippen MR) is 68.7 cm³/mol. The lowest BCUT2D eigenvalue weighted by Gasteiger charge is -2.38. The molecule has 1 aliphatic rings. The normalized spacial score (nSPS) is 15.1. The molecule has 0 saturated carbocycles. The molecule has 96 valence electrons. The molecule has 6 nitrogen and oxygen atoms in total. The lowest BCUT2D eigenvalue weighted by Crippen LogP contribution is -2.50. The average molecular weight is 273 g/mol. The molecule has 2 aromatic rings. The quantitative estimate of drug-likeness (QED) is 0.824. The van der Waals surface area contributed by atoms with Crippen LogP contribution >= 0.6 is 11.3 Å². The van der Waals surface area contributed by atoms with E-state index in [1.807, 2.05) is 13.0 Å². The monoisotopic (exact) mass is 273 g/mol. The third kappa shape index (κ3) is 2.11. The number of carbonyl (C=O) groups is 1. The summed E-state index contributed by atoms with van der Waals surface area (Å²) in [7, 11) is 0. The van der Waals surface area contributed by atoms with Crippen molar-refractivity contribution in [2.75, 3.05) is 13.1 Å². The molecule has 1 saturated heterocycles. The summed E-state index contributed by atoms with van der Waals surface area (Å²) in [5.41, 5.74) is 1.05. The highest BCUT2D eigenvalue weighted by molar-refractivity contribution is 7.09. The van der Waals surface area contributed by atoms with Crippen LogP contribution in [-0.2, 0) is 0 Å². The van der Waals surface area contributed by atoms with Crippen LogP contribution in [-0.4, -0.2) is 38.7 Å². The van der Waals surface area contributed by atoms with Crippen LogP contribution in [0.3, 0.4) is 0 Å². The molecular weight excluding hydrogens is 262 g/mol. The highest BCUT2D eigenvalue weighted by atomic mass is 32.1. The van der Waals surface area contributed by atoms with Gasteiger partial charge in [0.05, 0.1) is 22.8 Å². The summed E-state index contributed by atoms with van der Waals surface area (Å²) in [5, 5.41) is 15.5. The largest absolute Gasteiger partial charge is 0.333 e. The second-order valence-electron chi connectivity index (χ2n) is 4.44. The number of aryl methyl sites for hydroxylation is 1. The van der Waals surface area contributed by atoms with Crippen molar-refractivity contribution in [3.8, 4) is 6.07 Å². The first kappa shape index (κ1) is 11.9. The van der Waals surface area contributed by atoms with Gasteiger partial charge in [0.25, 0.3) is 5.91 Å². The van der Waals surface area contributed by atoms with Crippen molar-refractivity contribution in [3.63, 3.8) is 0 Å². The third-order valence-electron chi connectivity index (χ3n) is 3.09. The first-order valence-corrected chi connectivity index (χ1v) is 6.71. The number of hydrogen-bond acceptors (Lipinski definition) is 5. The Labute approximate surface area is 113 Å². The van der Waals surface area contributed by atoms with Gasteiger partial charge in [0, 0.05) is 24.7 Å². The van der Waals surface area contributed by atoms with E-state index in [-0.39, 0.29) is 11.9 Å². The molecule has 0 unspecified atom stereocenters. The Morgan fingerprint density at radius 2 is 2.37 bits per heavy atom. The van der Waals surface area contributed by atoms with Gasteiger partial charge in [-0.3, -0.25) is 9.48 Å². The summed E-state index contributed by atoms with van der Waals surface area (Å²) in [5.74, 6) is -0.0340. The SMILES string of the molecule is Cc1nc(C(=O)N2CC(n3cc(C#N)cn3)C2)cs1. The van der Waals surface area contributed by atoms with E-state index < -0.39 is 0 Å². The first-order chi connectivity index (χ1) is 9.17. The van der Waals surface area contributed by atoms with E-state index in [0.29, 0.717) is 24.3 Å². The molecule has 3 heterocycles. The topological polar surface area (TPSA) is 74.8 Å². The number of hydrogen-bond donors (Lipinski definition) is 0. The Morgan fingerprint density at radius 1 is 1.58 bits per heavy atom. The maximum atomic E-state index is 12.1. The Hall–Kier alpha value is -2.20. The molecule has 1 fully saturated rings.